The van der Waals surface area contributed by atoms with Crippen LogP contribution in [0, 0.1) is 0 Å². The molecule has 0 amide bonds. The lowest BCUT2D eigenvalue weighted by Gasteiger charge is -2.09. The lowest BCUT2D eigenvalue weighted by molar-refractivity contribution is -0.0487. The van der Waals surface area contributed by atoms with Gasteiger partial charge in [0.1, 0.15) is 5.50 Å². The van der Waals surface area contributed by atoms with Crippen molar-refractivity contribution in [3.63, 3.8) is 0 Å². The molecule has 0 aromatic carbocycles. The number of hydrogen-bond acceptors (Lipinski definition) is 6. The smallest absolute Gasteiger partial charge is 0.195 e. The summed E-state index contributed by atoms with van der Waals surface area (Å²) in [5, 5.41) is 6.65. The second-order valence-electron chi connectivity index (χ2n) is 1.94. The van der Waals surface area contributed by atoms with Crippen LogP contribution in [-0.2, 0) is 9.47 Å². The van der Waals surface area contributed by atoms with Crippen molar-refractivity contribution < 1.29 is 9.47 Å². The molecule has 0 heterocycles. The molecule has 0 aliphatic rings. The predicted octanol–water partition coefficient (Wildman–Crippen LogP) is -0.387. The van der Waals surface area contributed by atoms with E-state index in [1.165, 1.54) is 20.4 Å². The predicted molar refractivity (Wildman–Crippen MR) is 51.3 cm³/mol. The highest BCUT2D eigenvalue weighted by Gasteiger charge is 1.98. The molecule has 1 atom stereocenters. The Labute approximate surface area is 77.9 Å². The number of methoxy groups -OCH3 is 2. The van der Waals surface area contributed by atoms with Crippen molar-refractivity contribution in [2.45, 2.75) is 11.8 Å². The zero-order valence-electron chi connectivity index (χ0n) is 7.44. The molecule has 0 saturated carbocycles. The lowest BCUT2D eigenvalue weighted by Crippen LogP contribution is -2.32. The average Bonchev–Trinajstić information content (AvgIpc) is 2.12. The first kappa shape index (κ1) is 11.7. The van der Waals surface area contributed by atoms with Gasteiger partial charge in [-0.15, -0.1) is 12.6 Å². The highest BCUT2D eigenvalue weighted by atomic mass is 32.1. The molecule has 0 bridgehead atoms. The second kappa shape index (κ2) is 7.35. The lowest BCUT2D eigenvalue weighted by atomic mass is 10.7. The second-order valence-corrected chi connectivity index (χ2v) is 2.45. The average molecular weight is 193 g/mol. The summed E-state index contributed by atoms with van der Waals surface area (Å²) in [6.45, 7) is 0. The number of hydrogen-bond donors (Lipinski definition) is 3. The topological polar surface area (TPSA) is 54.9 Å². The van der Waals surface area contributed by atoms with Gasteiger partial charge in [0.15, 0.2) is 6.29 Å². The number of hydrazone groups is 1. The fourth-order valence-corrected chi connectivity index (χ4v) is 0.524. The third-order valence-corrected chi connectivity index (χ3v) is 1.50. The zero-order valence-corrected chi connectivity index (χ0v) is 8.34. The zero-order chi connectivity index (χ0) is 9.40. The fourth-order valence-electron chi connectivity index (χ4n) is 0.457. The van der Waals surface area contributed by atoms with Gasteiger partial charge in [-0.2, -0.15) is 5.10 Å². The summed E-state index contributed by atoms with van der Waals surface area (Å²) >= 11 is 4.07. The number of thiol groups is 1. The molecule has 2 N–H and O–H groups in total. The normalized spacial score (nSPS) is 14.1. The van der Waals surface area contributed by atoms with Crippen LogP contribution in [0.5, 0.6) is 0 Å². The Morgan fingerprint density at radius 3 is 2.42 bits per heavy atom. The van der Waals surface area contributed by atoms with Crippen LogP contribution in [0.3, 0.4) is 0 Å². The highest BCUT2D eigenvalue weighted by molar-refractivity contribution is 7.80. The first-order valence-corrected chi connectivity index (χ1v) is 3.95. The van der Waals surface area contributed by atoms with Crippen LogP contribution in [0.2, 0.25) is 0 Å². The minimum absolute atomic E-state index is 0.171. The number of nitrogens with one attached hydrogen (secondary N) is 2. The van der Waals surface area contributed by atoms with E-state index in [9.17, 15) is 0 Å². The molecule has 0 radical (unpaired) electrons. The SMILES string of the molecule is CNC(S)N/N=C/C(OC)OC. The van der Waals surface area contributed by atoms with Gasteiger partial charge in [0.25, 0.3) is 0 Å². The standard InChI is InChI=1S/C6H15N3O2S/c1-7-6(12)9-8-4-5(10-2)11-3/h4-7,9,12H,1-3H3/b8-4+. The largest absolute Gasteiger partial charge is 0.351 e. The van der Waals surface area contributed by atoms with E-state index in [-0.39, 0.29) is 5.50 Å². The summed E-state index contributed by atoms with van der Waals surface area (Å²) in [6, 6.07) is 0. The van der Waals surface area contributed by atoms with Gasteiger partial charge in [-0.05, 0) is 7.05 Å². The summed E-state index contributed by atoms with van der Waals surface area (Å²) < 4.78 is 9.72. The van der Waals surface area contributed by atoms with Crippen LogP contribution < -0.4 is 10.7 Å². The van der Waals surface area contributed by atoms with Crippen molar-refractivity contribution in [1.82, 2.24) is 10.7 Å². The van der Waals surface area contributed by atoms with Crippen molar-refractivity contribution >= 4 is 18.8 Å². The van der Waals surface area contributed by atoms with Gasteiger partial charge in [0, 0.05) is 14.2 Å². The molecule has 6 heteroatoms. The molecule has 0 aliphatic heterocycles. The molecule has 0 aromatic heterocycles. The van der Waals surface area contributed by atoms with Gasteiger partial charge in [0.2, 0.25) is 0 Å². The summed E-state index contributed by atoms with van der Waals surface area (Å²) in [7, 11) is 4.84. The van der Waals surface area contributed by atoms with Gasteiger partial charge in [0.05, 0.1) is 6.21 Å². The Morgan fingerprint density at radius 2 is 2.00 bits per heavy atom. The molecule has 12 heavy (non-hydrogen) atoms. The van der Waals surface area contributed by atoms with Crippen LogP contribution in [0.4, 0.5) is 0 Å². The summed E-state index contributed by atoms with van der Waals surface area (Å²) in [5.74, 6) is 0. The van der Waals surface area contributed by atoms with Crippen LogP contribution in [-0.4, -0.2) is 39.3 Å². The first-order valence-electron chi connectivity index (χ1n) is 3.44. The van der Waals surface area contributed by atoms with E-state index in [0.717, 1.165) is 0 Å². The van der Waals surface area contributed by atoms with Crippen LogP contribution in [0.15, 0.2) is 5.10 Å². The minimum Gasteiger partial charge on any atom is -0.351 e. The van der Waals surface area contributed by atoms with E-state index in [0.29, 0.717) is 0 Å². The third-order valence-electron chi connectivity index (χ3n) is 1.13. The quantitative estimate of drug-likeness (QED) is 0.233. The Hall–Kier alpha value is -0.300. The van der Waals surface area contributed by atoms with Gasteiger partial charge in [-0.3, -0.25) is 10.7 Å². The summed E-state index contributed by atoms with van der Waals surface area (Å²) in [5.41, 5.74) is 2.52. The van der Waals surface area contributed by atoms with Crippen LogP contribution in [0.1, 0.15) is 0 Å². The number of ether oxygens (including phenoxy) is 2. The van der Waals surface area contributed by atoms with Crippen molar-refractivity contribution in [1.29, 1.82) is 0 Å². The van der Waals surface area contributed by atoms with Gasteiger partial charge in [-0.1, -0.05) is 0 Å². The minimum atomic E-state index is -0.421. The third kappa shape index (κ3) is 5.36. The maximum absolute atomic E-state index is 4.86. The first-order chi connectivity index (χ1) is 5.74. The molecule has 0 aromatic rings. The Morgan fingerprint density at radius 1 is 1.42 bits per heavy atom. The van der Waals surface area contributed by atoms with E-state index < -0.39 is 6.29 Å². The highest BCUT2D eigenvalue weighted by Crippen LogP contribution is 1.86. The molecule has 0 fully saturated rings. The van der Waals surface area contributed by atoms with Gasteiger partial charge >= 0.3 is 0 Å². The van der Waals surface area contributed by atoms with Crippen molar-refractivity contribution in [2.24, 2.45) is 5.10 Å². The molecule has 0 aliphatic carbocycles. The molecular formula is C6H15N3O2S. The van der Waals surface area contributed by atoms with Crippen LogP contribution in [0.25, 0.3) is 0 Å². The van der Waals surface area contributed by atoms with E-state index in [1.807, 2.05) is 0 Å². The van der Waals surface area contributed by atoms with Crippen LogP contribution >= 0.6 is 12.6 Å². The van der Waals surface area contributed by atoms with Crippen molar-refractivity contribution in [3.05, 3.63) is 0 Å². The van der Waals surface area contributed by atoms with Gasteiger partial charge < -0.3 is 9.47 Å². The summed E-state index contributed by atoms with van der Waals surface area (Å²) in [4.78, 5) is 0. The van der Waals surface area contributed by atoms with Crippen molar-refractivity contribution in [2.75, 3.05) is 21.3 Å². The van der Waals surface area contributed by atoms with E-state index in [4.69, 9.17) is 9.47 Å². The Balaban J connectivity index is 3.58. The molecule has 0 rings (SSSR count). The Kier molecular flexibility index (Phi) is 7.17. The maximum Gasteiger partial charge on any atom is 0.195 e. The molecule has 1 unspecified atom stereocenters. The van der Waals surface area contributed by atoms with E-state index in [1.54, 1.807) is 7.05 Å². The summed E-state index contributed by atoms with van der Waals surface area (Å²) in [6.07, 6.45) is 1.08. The molecule has 72 valence electrons. The molecule has 0 spiro atoms. The molecular weight excluding hydrogens is 178 g/mol. The number of nitrogens with zero attached hydrogens (tertiary/aromatic N) is 1. The number of rotatable bonds is 6. The fraction of sp³-hybridized carbons (Fsp3) is 0.833. The van der Waals surface area contributed by atoms with E-state index in [2.05, 4.69) is 28.5 Å². The van der Waals surface area contributed by atoms with Gasteiger partial charge in [-0.25, -0.2) is 0 Å². The molecule has 0 saturated heterocycles. The van der Waals surface area contributed by atoms with Crippen molar-refractivity contribution in [3.8, 4) is 0 Å². The maximum atomic E-state index is 4.86. The Bertz CT molecular complexity index is 130. The van der Waals surface area contributed by atoms with E-state index >= 15 is 0 Å². The molecule has 5 nitrogen and oxygen atoms in total. The monoisotopic (exact) mass is 193 g/mol.